The largest absolute Gasteiger partial charge is 0.328 e. The summed E-state index contributed by atoms with van der Waals surface area (Å²) < 4.78 is 13.0. The van der Waals surface area contributed by atoms with Crippen LogP contribution in [0.2, 0.25) is 10.0 Å². The molecule has 1 saturated heterocycles. The maximum absolute atomic E-state index is 13.0. The highest BCUT2D eigenvalue weighted by Crippen LogP contribution is 2.39. The molecule has 0 aromatic heterocycles. The van der Waals surface area contributed by atoms with Crippen molar-refractivity contribution in [3.05, 3.63) is 69.5 Å². The van der Waals surface area contributed by atoms with Crippen LogP contribution in [0.4, 0.5) is 4.39 Å². The Morgan fingerprint density at radius 3 is 2.45 bits per heavy atom. The minimum atomic E-state index is -0.626. The highest BCUT2D eigenvalue weighted by Gasteiger charge is 2.46. The van der Waals surface area contributed by atoms with E-state index in [9.17, 15) is 9.18 Å². The minimum Gasteiger partial charge on any atom is -0.328 e. The van der Waals surface area contributed by atoms with Crippen molar-refractivity contribution in [2.75, 3.05) is 0 Å². The number of carbonyl (C=O) groups is 1. The van der Waals surface area contributed by atoms with Crippen LogP contribution in [-0.2, 0) is 11.3 Å². The van der Waals surface area contributed by atoms with Crippen LogP contribution in [0.3, 0.4) is 0 Å². The van der Waals surface area contributed by atoms with Gasteiger partial charge in [0, 0.05) is 16.6 Å². The van der Waals surface area contributed by atoms with Crippen molar-refractivity contribution in [3.8, 4) is 0 Å². The Hall–Kier alpha value is -1.62. The van der Waals surface area contributed by atoms with E-state index in [2.05, 4.69) is 0 Å². The predicted molar refractivity (Wildman–Crippen MR) is 84.1 cm³/mol. The van der Waals surface area contributed by atoms with Gasteiger partial charge < -0.3 is 10.6 Å². The van der Waals surface area contributed by atoms with Gasteiger partial charge in [-0.25, -0.2) is 4.39 Å². The molecule has 1 amide bonds. The van der Waals surface area contributed by atoms with Crippen molar-refractivity contribution in [3.63, 3.8) is 0 Å². The molecule has 0 spiro atoms. The molecule has 0 bridgehead atoms. The topological polar surface area (TPSA) is 46.3 Å². The zero-order valence-corrected chi connectivity index (χ0v) is 13.0. The van der Waals surface area contributed by atoms with Gasteiger partial charge in [-0.3, -0.25) is 4.79 Å². The van der Waals surface area contributed by atoms with Crippen LogP contribution in [-0.4, -0.2) is 16.8 Å². The Morgan fingerprint density at radius 2 is 1.82 bits per heavy atom. The number of halogens is 3. The van der Waals surface area contributed by atoms with Crippen LogP contribution in [0.15, 0.2) is 42.5 Å². The number of likely N-dealkylation sites (tertiary alicyclic amines) is 1. The molecule has 114 valence electrons. The van der Waals surface area contributed by atoms with Gasteiger partial charge in [-0.05, 0) is 35.4 Å². The third-order valence-corrected chi connectivity index (χ3v) is 4.35. The van der Waals surface area contributed by atoms with Gasteiger partial charge in [0.1, 0.15) is 11.9 Å². The van der Waals surface area contributed by atoms with Gasteiger partial charge in [-0.15, -0.1) is 0 Å². The predicted octanol–water partition coefficient (Wildman–Crippen LogP) is 3.54. The first-order chi connectivity index (χ1) is 10.5. The SMILES string of the molecule is NC1C(=O)N(Cc2ccc(F)cc2)C1c1ccc(Cl)cc1Cl. The molecular weight excluding hydrogens is 326 g/mol. The number of nitrogens with two attached hydrogens (primary N) is 1. The van der Waals surface area contributed by atoms with E-state index in [0.29, 0.717) is 16.6 Å². The summed E-state index contributed by atoms with van der Waals surface area (Å²) in [5.74, 6) is -0.465. The molecule has 2 N–H and O–H groups in total. The van der Waals surface area contributed by atoms with Gasteiger partial charge in [0.15, 0.2) is 0 Å². The maximum Gasteiger partial charge on any atom is 0.242 e. The third-order valence-electron chi connectivity index (χ3n) is 3.79. The van der Waals surface area contributed by atoms with Gasteiger partial charge in [0.25, 0.3) is 0 Å². The molecule has 1 aliphatic rings. The van der Waals surface area contributed by atoms with Crippen molar-refractivity contribution in [2.45, 2.75) is 18.6 Å². The van der Waals surface area contributed by atoms with Crippen molar-refractivity contribution in [1.29, 1.82) is 0 Å². The van der Waals surface area contributed by atoms with E-state index in [1.54, 1.807) is 35.2 Å². The van der Waals surface area contributed by atoms with E-state index < -0.39 is 6.04 Å². The number of amides is 1. The number of hydrogen-bond acceptors (Lipinski definition) is 2. The van der Waals surface area contributed by atoms with E-state index in [0.717, 1.165) is 11.1 Å². The van der Waals surface area contributed by atoms with Crippen LogP contribution in [0, 0.1) is 5.82 Å². The zero-order chi connectivity index (χ0) is 15.9. The molecule has 22 heavy (non-hydrogen) atoms. The van der Waals surface area contributed by atoms with Gasteiger partial charge in [0.05, 0.1) is 6.04 Å². The molecule has 0 saturated carbocycles. The molecule has 6 heteroatoms. The fourth-order valence-electron chi connectivity index (χ4n) is 2.64. The van der Waals surface area contributed by atoms with Crippen LogP contribution in [0.25, 0.3) is 0 Å². The number of β-lactam (4-membered cyclic amide) rings is 1. The Morgan fingerprint density at radius 1 is 1.14 bits per heavy atom. The summed E-state index contributed by atoms with van der Waals surface area (Å²) in [6.07, 6.45) is 0. The summed E-state index contributed by atoms with van der Waals surface area (Å²) in [6.45, 7) is 0.358. The lowest BCUT2D eigenvalue weighted by atomic mass is 9.88. The lowest BCUT2D eigenvalue weighted by Gasteiger charge is -2.46. The van der Waals surface area contributed by atoms with Gasteiger partial charge in [-0.2, -0.15) is 0 Å². The molecule has 1 heterocycles. The maximum atomic E-state index is 13.0. The van der Waals surface area contributed by atoms with Crippen molar-refractivity contribution >= 4 is 29.1 Å². The minimum absolute atomic E-state index is 0.152. The fraction of sp³-hybridized carbons (Fsp3) is 0.188. The standard InChI is InChI=1S/C16H13Cl2FN2O/c17-10-3-6-12(13(18)7-10)15-14(20)16(22)21(15)8-9-1-4-11(19)5-2-9/h1-7,14-15H,8,20H2. The smallest absolute Gasteiger partial charge is 0.242 e. The second-order valence-electron chi connectivity index (χ2n) is 5.23. The van der Waals surface area contributed by atoms with Gasteiger partial charge >= 0.3 is 0 Å². The van der Waals surface area contributed by atoms with Crippen molar-refractivity contribution in [1.82, 2.24) is 4.90 Å². The van der Waals surface area contributed by atoms with E-state index >= 15 is 0 Å². The van der Waals surface area contributed by atoms with Crippen LogP contribution >= 0.6 is 23.2 Å². The number of rotatable bonds is 3. The quantitative estimate of drug-likeness (QED) is 0.870. The summed E-state index contributed by atoms with van der Waals surface area (Å²) in [7, 11) is 0. The summed E-state index contributed by atoms with van der Waals surface area (Å²) in [5.41, 5.74) is 7.53. The van der Waals surface area contributed by atoms with E-state index in [4.69, 9.17) is 28.9 Å². The number of nitrogens with zero attached hydrogens (tertiary/aromatic N) is 1. The van der Waals surface area contributed by atoms with Crippen LogP contribution in [0.5, 0.6) is 0 Å². The summed E-state index contributed by atoms with van der Waals surface area (Å²) in [5, 5.41) is 1.00. The summed E-state index contributed by atoms with van der Waals surface area (Å²) in [6, 6.07) is 10.2. The second kappa shape index (κ2) is 5.88. The molecule has 0 radical (unpaired) electrons. The van der Waals surface area contributed by atoms with Crippen molar-refractivity contribution < 1.29 is 9.18 Å². The average molecular weight is 339 g/mol. The third kappa shape index (κ3) is 2.70. The number of carbonyl (C=O) groups excluding carboxylic acids is 1. The Balaban J connectivity index is 1.86. The molecule has 0 aliphatic carbocycles. The molecule has 2 unspecified atom stereocenters. The van der Waals surface area contributed by atoms with Gasteiger partial charge in [0.2, 0.25) is 5.91 Å². The fourth-order valence-corrected chi connectivity index (χ4v) is 3.16. The van der Waals surface area contributed by atoms with Crippen LogP contribution in [0.1, 0.15) is 17.2 Å². The Bertz CT molecular complexity index is 721. The second-order valence-corrected chi connectivity index (χ2v) is 6.07. The molecule has 2 atom stereocenters. The van der Waals surface area contributed by atoms with Gasteiger partial charge in [-0.1, -0.05) is 41.4 Å². The molecule has 2 aromatic rings. The van der Waals surface area contributed by atoms with E-state index in [1.807, 2.05) is 0 Å². The average Bonchev–Trinajstić information content (AvgIpc) is 2.50. The molecule has 2 aromatic carbocycles. The lowest BCUT2D eigenvalue weighted by molar-refractivity contribution is -0.150. The van der Waals surface area contributed by atoms with E-state index in [-0.39, 0.29) is 17.8 Å². The number of hydrogen-bond donors (Lipinski definition) is 1. The van der Waals surface area contributed by atoms with Crippen LogP contribution < -0.4 is 5.73 Å². The highest BCUT2D eigenvalue weighted by molar-refractivity contribution is 6.35. The molecule has 1 aliphatic heterocycles. The Kier molecular flexibility index (Phi) is 4.08. The first-order valence-corrected chi connectivity index (χ1v) is 7.48. The molecular formula is C16H13Cl2FN2O. The lowest BCUT2D eigenvalue weighted by Crippen LogP contribution is -2.62. The summed E-state index contributed by atoms with van der Waals surface area (Å²) in [4.78, 5) is 13.7. The molecule has 1 fully saturated rings. The highest BCUT2D eigenvalue weighted by atomic mass is 35.5. The first kappa shape index (κ1) is 15.3. The molecule has 3 nitrogen and oxygen atoms in total. The van der Waals surface area contributed by atoms with E-state index in [1.165, 1.54) is 12.1 Å². The summed E-state index contributed by atoms with van der Waals surface area (Å²) >= 11 is 12.1. The van der Waals surface area contributed by atoms with Crippen molar-refractivity contribution in [2.24, 2.45) is 5.73 Å². The number of benzene rings is 2. The monoisotopic (exact) mass is 338 g/mol. The molecule has 3 rings (SSSR count). The first-order valence-electron chi connectivity index (χ1n) is 6.73. The zero-order valence-electron chi connectivity index (χ0n) is 11.5. The normalized spacial score (nSPS) is 20.9. The Labute approximate surface area is 137 Å².